The number of amides is 2. The van der Waals surface area contributed by atoms with Crippen molar-refractivity contribution in [1.29, 1.82) is 0 Å². The molecule has 20 heavy (non-hydrogen) atoms. The number of benzene rings is 1. The van der Waals surface area contributed by atoms with E-state index in [2.05, 4.69) is 34.5 Å². The zero-order valence-electron chi connectivity index (χ0n) is 12.3. The van der Waals surface area contributed by atoms with E-state index in [0.29, 0.717) is 13.1 Å². The van der Waals surface area contributed by atoms with Crippen molar-refractivity contribution in [2.24, 2.45) is 0 Å². The molecule has 1 aromatic rings. The molecule has 5 nitrogen and oxygen atoms in total. The van der Waals surface area contributed by atoms with Gasteiger partial charge in [0.1, 0.15) is 0 Å². The number of urea groups is 1. The van der Waals surface area contributed by atoms with Gasteiger partial charge >= 0.3 is 6.03 Å². The standard InChI is InChI=1S/C15H23N3O2/c1-3-16-15(19)17(2)12-13-4-6-14(7-5-13)18-8-10-20-11-9-18/h4-7H,3,8-12H2,1-2H3,(H,16,19). The molecule has 1 heterocycles. The number of nitrogens with one attached hydrogen (secondary N) is 1. The fourth-order valence-corrected chi connectivity index (χ4v) is 2.27. The summed E-state index contributed by atoms with van der Waals surface area (Å²) < 4.78 is 5.35. The van der Waals surface area contributed by atoms with Crippen LogP contribution >= 0.6 is 0 Å². The zero-order valence-corrected chi connectivity index (χ0v) is 12.3. The molecule has 0 radical (unpaired) electrons. The summed E-state index contributed by atoms with van der Waals surface area (Å²) in [5.74, 6) is 0. The van der Waals surface area contributed by atoms with Crippen molar-refractivity contribution in [1.82, 2.24) is 10.2 Å². The molecule has 5 heteroatoms. The Morgan fingerprint density at radius 3 is 2.55 bits per heavy atom. The number of nitrogens with zero attached hydrogens (tertiary/aromatic N) is 2. The molecule has 0 aromatic heterocycles. The number of carbonyl (C=O) groups excluding carboxylic acids is 1. The second kappa shape index (κ2) is 7.14. The molecule has 1 N–H and O–H groups in total. The largest absolute Gasteiger partial charge is 0.378 e. The third kappa shape index (κ3) is 3.87. The van der Waals surface area contributed by atoms with Crippen LogP contribution in [-0.2, 0) is 11.3 Å². The molecule has 1 aromatic carbocycles. The van der Waals surface area contributed by atoms with Crippen LogP contribution in [0.2, 0.25) is 0 Å². The molecule has 1 aliphatic heterocycles. The minimum atomic E-state index is -0.0373. The summed E-state index contributed by atoms with van der Waals surface area (Å²) in [6.45, 7) is 6.66. The highest BCUT2D eigenvalue weighted by Crippen LogP contribution is 2.17. The van der Waals surface area contributed by atoms with Gasteiger partial charge in [0.05, 0.1) is 13.2 Å². The predicted octanol–water partition coefficient (Wildman–Crippen LogP) is 1.68. The van der Waals surface area contributed by atoms with Gasteiger partial charge in [-0.3, -0.25) is 0 Å². The van der Waals surface area contributed by atoms with Crippen LogP contribution in [0.1, 0.15) is 12.5 Å². The van der Waals surface area contributed by atoms with Gasteiger partial charge in [0.25, 0.3) is 0 Å². The molecule has 0 spiro atoms. The molecule has 0 saturated carbocycles. The summed E-state index contributed by atoms with van der Waals surface area (Å²) in [5.41, 5.74) is 2.36. The van der Waals surface area contributed by atoms with Gasteiger partial charge in [0.15, 0.2) is 0 Å². The first-order valence-electron chi connectivity index (χ1n) is 7.11. The third-order valence-electron chi connectivity index (χ3n) is 3.41. The Morgan fingerprint density at radius 2 is 1.95 bits per heavy atom. The number of morpholine rings is 1. The van der Waals surface area contributed by atoms with Crippen molar-refractivity contribution in [3.63, 3.8) is 0 Å². The molecule has 1 fully saturated rings. The number of hydrogen-bond donors (Lipinski definition) is 1. The summed E-state index contributed by atoms with van der Waals surface area (Å²) in [6.07, 6.45) is 0. The van der Waals surface area contributed by atoms with Crippen molar-refractivity contribution < 1.29 is 9.53 Å². The molecule has 1 saturated heterocycles. The van der Waals surface area contributed by atoms with Crippen molar-refractivity contribution in [2.45, 2.75) is 13.5 Å². The van der Waals surface area contributed by atoms with Crippen LogP contribution in [0.25, 0.3) is 0 Å². The van der Waals surface area contributed by atoms with Crippen molar-refractivity contribution in [2.75, 3.05) is 44.8 Å². The maximum atomic E-state index is 11.7. The lowest BCUT2D eigenvalue weighted by Gasteiger charge is -2.29. The molecular formula is C15H23N3O2. The average Bonchev–Trinajstić information content (AvgIpc) is 2.49. The Morgan fingerprint density at radius 1 is 1.30 bits per heavy atom. The van der Waals surface area contributed by atoms with Crippen molar-refractivity contribution in [3.8, 4) is 0 Å². The van der Waals surface area contributed by atoms with Crippen LogP contribution in [0, 0.1) is 0 Å². The molecule has 2 rings (SSSR count). The van der Waals surface area contributed by atoms with Crippen LogP contribution in [0.3, 0.4) is 0 Å². The first-order chi connectivity index (χ1) is 9.70. The number of ether oxygens (including phenoxy) is 1. The van der Waals surface area contributed by atoms with Gasteiger partial charge in [-0.2, -0.15) is 0 Å². The quantitative estimate of drug-likeness (QED) is 0.911. The fourth-order valence-electron chi connectivity index (χ4n) is 2.27. The van der Waals surface area contributed by atoms with E-state index in [-0.39, 0.29) is 6.03 Å². The van der Waals surface area contributed by atoms with E-state index in [9.17, 15) is 4.79 Å². The molecule has 0 atom stereocenters. The number of hydrogen-bond acceptors (Lipinski definition) is 3. The van der Waals surface area contributed by atoms with E-state index in [4.69, 9.17) is 4.74 Å². The second-order valence-electron chi connectivity index (χ2n) is 4.96. The Bertz CT molecular complexity index is 427. The first-order valence-corrected chi connectivity index (χ1v) is 7.11. The smallest absolute Gasteiger partial charge is 0.317 e. The van der Waals surface area contributed by atoms with Crippen molar-refractivity contribution in [3.05, 3.63) is 29.8 Å². The van der Waals surface area contributed by atoms with Crippen LogP contribution in [0.15, 0.2) is 24.3 Å². The lowest BCUT2D eigenvalue weighted by atomic mass is 10.2. The van der Waals surface area contributed by atoms with Gasteiger partial charge in [-0.05, 0) is 24.6 Å². The maximum absolute atomic E-state index is 11.7. The van der Waals surface area contributed by atoms with E-state index in [1.165, 1.54) is 5.69 Å². The van der Waals surface area contributed by atoms with Crippen LogP contribution < -0.4 is 10.2 Å². The summed E-state index contributed by atoms with van der Waals surface area (Å²) in [5, 5.41) is 2.79. The molecule has 0 bridgehead atoms. The van der Waals surface area contributed by atoms with Crippen LogP contribution in [-0.4, -0.2) is 50.8 Å². The second-order valence-corrected chi connectivity index (χ2v) is 4.96. The van der Waals surface area contributed by atoms with Crippen LogP contribution in [0.4, 0.5) is 10.5 Å². The van der Waals surface area contributed by atoms with Gasteiger partial charge in [0, 0.05) is 38.9 Å². The van der Waals surface area contributed by atoms with E-state index < -0.39 is 0 Å². The van der Waals surface area contributed by atoms with Gasteiger partial charge in [-0.15, -0.1) is 0 Å². The third-order valence-corrected chi connectivity index (χ3v) is 3.41. The summed E-state index contributed by atoms with van der Waals surface area (Å²) in [4.78, 5) is 15.7. The van der Waals surface area contributed by atoms with E-state index in [0.717, 1.165) is 31.9 Å². The zero-order chi connectivity index (χ0) is 14.4. The Hall–Kier alpha value is -1.75. The van der Waals surface area contributed by atoms with Gasteiger partial charge in [0.2, 0.25) is 0 Å². The van der Waals surface area contributed by atoms with Gasteiger partial charge in [-0.25, -0.2) is 4.79 Å². The van der Waals surface area contributed by atoms with Gasteiger partial charge in [-0.1, -0.05) is 12.1 Å². The minimum absolute atomic E-state index is 0.0373. The normalized spacial score (nSPS) is 15.0. The maximum Gasteiger partial charge on any atom is 0.317 e. The minimum Gasteiger partial charge on any atom is -0.378 e. The van der Waals surface area contributed by atoms with Gasteiger partial charge < -0.3 is 19.9 Å². The fraction of sp³-hybridized carbons (Fsp3) is 0.533. The Kier molecular flexibility index (Phi) is 5.24. The van der Waals surface area contributed by atoms with Crippen LogP contribution in [0.5, 0.6) is 0 Å². The van der Waals surface area contributed by atoms with Crippen molar-refractivity contribution >= 4 is 11.7 Å². The molecule has 1 aliphatic rings. The monoisotopic (exact) mass is 277 g/mol. The summed E-state index contributed by atoms with van der Waals surface area (Å²) >= 11 is 0. The molecule has 2 amide bonds. The average molecular weight is 277 g/mol. The predicted molar refractivity (Wildman–Crippen MR) is 80.0 cm³/mol. The lowest BCUT2D eigenvalue weighted by Crippen LogP contribution is -2.37. The molecule has 0 unspecified atom stereocenters. The number of rotatable bonds is 4. The summed E-state index contributed by atoms with van der Waals surface area (Å²) in [6, 6.07) is 8.37. The Balaban J connectivity index is 1.92. The van der Waals surface area contributed by atoms with E-state index in [1.54, 1.807) is 11.9 Å². The highest BCUT2D eigenvalue weighted by atomic mass is 16.5. The van der Waals surface area contributed by atoms with E-state index in [1.807, 2.05) is 6.92 Å². The molecule has 110 valence electrons. The summed E-state index contributed by atoms with van der Waals surface area (Å²) in [7, 11) is 1.81. The molecular weight excluding hydrogens is 254 g/mol. The number of carbonyl (C=O) groups is 1. The topological polar surface area (TPSA) is 44.8 Å². The van der Waals surface area contributed by atoms with E-state index >= 15 is 0 Å². The lowest BCUT2D eigenvalue weighted by molar-refractivity contribution is 0.122. The first kappa shape index (κ1) is 14.7. The Labute approximate surface area is 120 Å². The number of anilines is 1. The highest BCUT2D eigenvalue weighted by molar-refractivity contribution is 5.73. The highest BCUT2D eigenvalue weighted by Gasteiger charge is 2.11. The SMILES string of the molecule is CCNC(=O)N(C)Cc1ccc(N2CCOCC2)cc1. The molecule has 0 aliphatic carbocycles.